The summed E-state index contributed by atoms with van der Waals surface area (Å²) in [5.41, 5.74) is 5.68. The van der Waals surface area contributed by atoms with Crippen molar-refractivity contribution in [3.05, 3.63) is 65.0 Å². The Balaban J connectivity index is 2.49. The molecule has 1 unspecified atom stereocenters. The maximum absolute atomic E-state index is 4.27. The van der Waals surface area contributed by atoms with Crippen molar-refractivity contribution in [3.8, 4) is 0 Å². The van der Waals surface area contributed by atoms with Gasteiger partial charge in [-0.1, -0.05) is 44.5 Å². The first-order chi connectivity index (χ1) is 9.27. The normalized spacial score (nSPS) is 12.4. The van der Waals surface area contributed by atoms with E-state index in [1.165, 1.54) is 35.1 Å². The Morgan fingerprint density at radius 3 is 2.53 bits per heavy atom. The molecule has 0 aliphatic heterocycles. The molecule has 0 spiro atoms. The summed E-state index contributed by atoms with van der Waals surface area (Å²) in [4.78, 5) is 4.27. The Hall–Kier alpha value is -1.63. The molecule has 19 heavy (non-hydrogen) atoms. The molecule has 0 saturated heterocycles. The van der Waals surface area contributed by atoms with Crippen molar-refractivity contribution >= 4 is 0 Å². The monoisotopic (exact) mass is 253 g/mol. The van der Waals surface area contributed by atoms with Crippen LogP contribution in [0.15, 0.2) is 42.7 Å². The second kappa shape index (κ2) is 6.51. The summed E-state index contributed by atoms with van der Waals surface area (Å²) in [7, 11) is 0. The first-order valence-corrected chi connectivity index (χ1v) is 7.26. The van der Waals surface area contributed by atoms with Crippen LogP contribution in [0.25, 0.3) is 0 Å². The third kappa shape index (κ3) is 3.04. The highest BCUT2D eigenvalue weighted by molar-refractivity contribution is 5.40. The molecule has 1 atom stereocenters. The van der Waals surface area contributed by atoms with Crippen LogP contribution >= 0.6 is 0 Å². The Labute approximate surface area is 116 Å². The average molecular weight is 253 g/mol. The number of benzene rings is 1. The lowest BCUT2D eigenvalue weighted by Crippen LogP contribution is -2.06. The Morgan fingerprint density at radius 2 is 1.84 bits per heavy atom. The minimum atomic E-state index is 0.504. The molecule has 1 aromatic heterocycles. The summed E-state index contributed by atoms with van der Waals surface area (Å²) >= 11 is 0. The van der Waals surface area contributed by atoms with Gasteiger partial charge < -0.3 is 0 Å². The SMILES string of the molecule is CCCC(c1ccccc1C)c1ccncc1CC. The van der Waals surface area contributed by atoms with E-state index in [0.717, 1.165) is 6.42 Å². The fourth-order valence-corrected chi connectivity index (χ4v) is 2.82. The molecule has 0 radical (unpaired) electrons. The number of hydrogen-bond donors (Lipinski definition) is 0. The van der Waals surface area contributed by atoms with E-state index in [0.29, 0.717) is 5.92 Å². The number of nitrogens with zero attached hydrogens (tertiary/aromatic N) is 1. The van der Waals surface area contributed by atoms with Crippen LogP contribution < -0.4 is 0 Å². The van der Waals surface area contributed by atoms with E-state index >= 15 is 0 Å². The molecule has 2 rings (SSSR count). The van der Waals surface area contributed by atoms with Gasteiger partial charge in [-0.25, -0.2) is 0 Å². The molecule has 0 amide bonds. The van der Waals surface area contributed by atoms with Crippen LogP contribution in [0, 0.1) is 6.92 Å². The van der Waals surface area contributed by atoms with Crippen molar-refractivity contribution in [3.63, 3.8) is 0 Å². The summed E-state index contributed by atoms with van der Waals surface area (Å²) in [5, 5.41) is 0. The summed E-state index contributed by atoms with van der Waals surface area (Å²) in [6, 6.07) is 11.0. The highest BCUT2D eigenvalue weighted by Gasteiger charge is 2.17. The minimum Gasteiger partial charge on any atom is -0.264 e. The quantitative estimate of drug-likeness (QED) is 0.739. The zero-order valence-corrected chi connectivity index (χ0v) is 12.2. The van der Waals surface area contributed by atoms with Crippen LogP contribution in [-0.2, 0) is 6.42 Å². The fraction of sp³-hybridized carbons (Fsp3) is 0.389. The summed E-state index contributed by atoms with van der Waals surface area (Å²) < 4.78 is 0. The lowest BCUT2D eigenvalue weighted by molar-refractivity contribution is 0.687. The molecular weight excluding hydrogens is 230 g/mol. The second-order valence-corrected chi connectivity index (χ2v) is 5.13. The summed E-state index contributed by atoms with van der Waals surface area (Å²) in [5.74, 6) is 0.504. The van der Waals surface area contributed by atoms with Crippen molar-refractivity contribution in [2.24, 2.45) is 0 Å². The largest absolute Gasteiger partial charge is 0.264 e. The van der Waals surface area contributed by atoms with Gasteiger partial charge >= 0.3 is 0 Å². The number of aryl methyl sites for hydroxylation is 2. The molecule has 2 aromatic rings. The Morgan fingerprint density at radius 1 is 1.05 bits per heavy atom. The van der Waals surface area contributed by atoms with Gasteiger partial charge in [-0.05, 0) is 48.1 Å². The zero-order chi connectivity index (χ0) is 13.7. The molecule has 1 heterocycles. The van der Waals surface area contributed by atoms with E-state index in [4.69, 9.17) is 0 Å². The first kappa shape index (κ1) is 13.8. The summed E-state index contributed by atoms with van der Waals surface area (Å²) in [6.07, 6.45) is 7.40. The van der Waals surface area contributed by atoms with Crippen LogP contribution in [0.5, 0.6) is 0 Å². The predicted octanol–water partition coefficient (Wildman–Crippen LogP) is 4.88. The standard InChI is InChI=1S/C18H23N/c1-4-8-18(16-10-7-6-9-14(16)3)17-11-12-19-13-15(17)5-2/h6-7,9-13,18H,4-5,8H2,1-3H3. The fourth-order valence-electron chi connectivity index (χ4n) is 2.82. The van der Waals surface area contributed by atoms with Gasteiger partial charge in [0.1, 0.15) is 0 Å². The Kier molecular flexibility index (Phi) is 4.73. The Bertz CT molecular complexity index is 531. The van der Waals surface area contributed by atoms with Crippen LogP contribution in [-0.4, -0.2) is 4.98 Å². The average Bonchev–Trinajstić information content (AvgIpc) is 2.46. The number of pyridine rings is 1. The number of rotatable bonds is 5. The van der Waals surface area contributed by atoms with Gasteiger partial charge in [0.15, 0.2) is 0 Å². The molecular formula is C18H23N. The maximum atomic E-state index is 4.27. The minimum absolute atomic E-state index is 0.504. The molecule has 0 aliphatic rings. The van der Waals surface area contributed by atoms with Gasteiger partial charge in [0.2, 0.25) is 0 Å². The molecule has 0 aliphatic carbocycles. The third-order valence-corrected chi connectivity index (χ3v) is 3.84. The van der Waals surface area contributed by atoms with Crippen molar-refractivity contribution < 1.29 is 0 Å². The lowest BCUT2D eigenvalue weighted by Gasteiger charge is -2.21. The lowest BCUT2D eigenvalue weighted by atomic mass is 9.83. The van der Waals surface area contributed by atoms with E-state index in [2.05, 4.69) is 56.1 Å². The van der Waals surface area contributed by atoms with Gasteiger partial charge in [-0.3, -0.25) is 4.98 Å². The van der Waals surface area contributed by atoms with E-state index in [9.17, 15) is 0 Å². The zero-order valence-electron chi connectivity index (χ0n) is 12.2. The van der Waals surface area contributed by atoms with Gasteiger partial charge in [0.05, 0.1) is 0 Å². The van der Waals surface area contributed by atoms with Crippen molar-refractivity contribution in [2.75, 3.05) is 0 Å². The van der Waals surface area contributed by atoms with Crippen LogP contribution in [0.2, 0.25) is 0 Å². The van der Waals surface area contributed by atoms with Crippen LogP contribution in [0.1, 0.15) is 54.9 Å². The van der Waals surface area contributed by atoms with Crippen molar-refractivity contribution in [1.82, 2.24) is 4.98 Å². The number of hydrogen-bond acceptors (Lipinski definition) is 1. The second-order valence-electron chi connectivity index (χ2n) is 5.13. The molecule has 1 aromatic carbocycles. The molecule has 0 saturated carbocycles. The molecule has 0 bridgehead atoms. The highest BCUT2D eigenvalue weighted by Crippen LogP contribution is 2.33. The molecule has 1 heteroatoms. The van der Waals surface area contributed by atoms with Gasteiger partial charge in [0.25, 0.3) is 0 Å². The first-order valence-electron chi connectivity index (χ1n) is 7.26. The van der Waals surface area contributed by atoms with Crippen LogP contribution in [0.4, 0.5) is 0 Å². The third-order valence-electron chi connectivity index (χ3n) is 3.84. The predicted molar refractivity (Wildman–Crippen MR) is 81.5 cm³/mol. The van der Waals surface area contributed by atoms with Crippen molar-refractivity contribution in [2.45, 2.75) is 46.0 Å². The smallest absolute Gasteiger partial charge is 0.0302 e. The molecule has 0 N–H and O–H groups in total. The summed E-state index contributed by atoms with van der Waals surface area (Å²) in [6.45, 7) is 6.68. The molecule has 0 fully saturated rings. The number of aromatic nitrogens is 1. The topological polar surface area (TPSA) is 12.9 Å². The van der Waals surface area contributed by atoms with Crippen molar-refractivity contribution in [1.29, 1.82) is 0 Å². The van der Waals surface area contributed by atoms with E-state index in [1.807, 2.05) is 12.4 Å². The van der Waals surface area contributed by atoms with Crippen LogP contribution in [0.3, 0.4) is 0 Å². The molecule has 1 nitrogen and oxygen atoms in total. The molecule has 100 valence electrons. The van der Waals surface area contributed by atoms with Gasteiger partial charge in [-0.15, -0.1) is 0 Å². The van der Waals surface area contributed by atoms with E-state index < -0.39 is 0 Å². The van der Waals surface area contributed by atoms with Gasteiger partial charge in [0, 0.05) is 18.3 Å². The van der Waals surface area contributed by atoms with E-state index in [1.54, 1.807) is 0 Å². The highest BCUT2D eigenvalue weighted by atomic mass is 14.6. The maximum Gasteiger partial charge on any atom is 0.0302 e. The van der Waals surface area contributed by atoms with Gasteiger partial charge in [-0.2, -0.15) is 0 Å². The van der Waals surface area contributed by atoms with E-state index in [-0.39, 0.29) is 0 Å².